The van der Waals surface area contributed by atoms with Crippen molar-refractivity contribution in [2.45, 2.75) is 58.3 Å². The molecule has 0 unspecified atom stereocenters. The minimum atomic E-state index is 0.333. The SMILES string of the molecule is CCCNCC(CCC)(CCC)c1ccccc1. The van der Waals surface area contributed by atoms with E-state index in [1.54, 1.807) is 0 Å². The van der Waals surface area contributed by atoms with E-state index in [2.05, 4.69) is 56.4 Å². The minimum Gasteiger partial charge on any atom is -0.316 e. The molecule has 1 heteroatoms. The van der Waals surface area contributed by atoms with Crippen LogP contribution < -0.4 is 5.32 Å². The third-order valence-corrected chi connectivity index (χ3v) is 3.73. The molecule has 0 bridgehead atoms. The lowest BCUT2D eigenvalue weighted by atomic mass is 9.73. The van der Waals surface area contributed by atoms with Crippen molar-refractivity contribution in [3.63, 3.8) is 0 Å². The fourth-order valence-electron chi connectivity index (χ4n) is 2.95. The summed E-state index contributed by atoms with van der Waals surface area (Å²) < 4.78 is 0. The Morgan fingerprint density at radius 1 is 0.889 bits per heavy atom. The Balaban J connectivity index is 2.89. The first-order valence-corrected chi connectivity index (χ1v) is 7.55. The lowest BCUT2D eigenvalue weighted by Gasteiger charge is -2.35. The summed E-state index contributed by atoms with van der Waals surface area (Å²) in [6, 6.07) is 11.1. The maximum absolute atomic E-state index is 3.64. The highest BCUT2D eigenvalue weighted by molar-refractivity contribution is 5.26. The molecule has 0 aromatic heterocycles. The average Bonchev–Trinajstić information content (AvgIpc) is 2.40. The zero-order chi connectivity index (χ0) is 13.3. The number of benzene rings is 1. The molecule has 0 aliphatic rings. The minimum absolute atomic E-state index is 0.333. The van der Waals surface area contributed by atoms with Gasteiger partial charge in [0, 0.05) is 12.0 Å². The van der Waals surface area contributed by atoms with Crippen LogP contribution in [0.3, 0.4) is 0 Å². The third kappa shape index (κ3) is 4.13. The number of hydrogen-bond acceptors (Lipinski definition) is 1. The molecule has 18 heavy (non-hydrogen) atoms. The summed E-state index contributed by atoms with van der Waals surface area (Å²) in [6.45, 7) is 9.08. The molecule has 0 saturated carbocycles. The van der Waals surface area contributed by atoms with Gasteiger partial charge in [0.15, 0.2) is 0 Å². The van der Waals surface area contributed by atoms with Gasteiger partial charge >= 0.3 is 0 Å². The lowest BCUT2D eigenvalue weighted by molar-refractivity contribution is 0.335. The summed E-state index contributed by atoms with van der Waals surface area (Å²) in [6.07, 6.45) is 6.28. The van der Waals surface area contributed by atoms with Gasteiger partial charge in [-0.1, -0.05) is 63.9 Å². The highest BCUT2D eigenvalue weighted by atomic mass is 14.9. The van der Waals surface area contributed by atoms with Crippen LogP contribution in [0.15, 0.2) is 30.3 Å². The Morgan fingerprint density at radius 2 is 1.50 bits per heavy atom. The molecule has 0 aliphatic carbocycles. The summed E-state index contributed by atoms with van der Waals surface area (Å²) in [5.74, 6) is 0. The van der Waals surface area contributed by atoms with Gasteiger partial charge in [-0.25, -0.2) is 0 Å². The van der Waals surface area contributed by atoms with Gasteiger partial charge in [-0.2, -0.15) is 0 Å². The van der Waals surface area contributed by atoms with Crippen LogP contribution in [-0.2, 0) is 5.41 Å². The monoisotopic (exact) mass is 247 g/mol. The molecule has 1 rings (SSSR count). The van der Waals surface area contributed by atoms with Crippen molar-refractivity contribution in [1.82, 2.24) is 5.32 Å². The maximum Gasteiger partial charge on any atom is 0.00775 e. The first-order valence-electron chi connectivity index (χ1n) is 7.55. The predicted molar refractivity (Wildman–Crippen MR) is 81.1 cm³/mol. The highest BCUT2D eigenvalue weighted by Crippen LogP contribution is 2.33. The lowest BCUT2D eigenvalue weighted by Crippen LogP contribution is -2.38. The van der Waals surface area contributed by atoms with E-state index in [1.807, 2.05) is 0 Å². The summed E-state index contributed by atoms with van der Waals surface area (Å²) in [5.41, 5.74) is 1.84. The van der Waals surface area contributed by atoms with E-state index >= 15 is 0 Å². The van der Waals surface area contributed by atoms with E-state index in [-0.39, 0.29) is 0 Å². The normalized spacial score (nSPS) is 11.7. The van der Waals surface area contributed by atoms with Crippen molar-refractivity contribution < 1.29 is 0 Å². The van der Waals surface area contributed by atoms with Crippen LogP contribution in [-0.4, -0.2) is 13.1 Å². The smallest absolute Gasteiger partial charge is 0.00775 e. The molecule has 1 nitrogen and oxygen atoms in total. The Kier molecular flexibility index (Phi) is 7.04. The van der Waals surface area contributed by atoms with E-state index in [0.717, 1.165) is 13.1 Å². The molecule has 0 fully saturated rings. The molecular weight excluding hydrogens is 218 g/mol. The molecule has 0 heterocycles. The van der Waals surface area contributed by atoms with Crippen LogP contribution in [0.2, 0.25) is 0 Å². The standard InChI is InChI=1S/C17H29N/c1-4-12-17(13-5-2,15-18-14-6-3)16-10-8-7-9-11-16/h7-11,18H,4-6,12-15H2,1-3H3. The van der Waals surface area contributed by atoms with Gasteiger partial charge < -0.3 is 5.32 Å². The Bertz CT molecular complexity index is 299. The van der Waals surface area contributed by atoms with E-state index < -0.39 is 0 Å². The number of hydrogen-bond donors (Lipinski definition) is 1. The van der Waals surface area contributed by atoms with Crippen LogP contribution >= 0.6 is 0 Å². The van der Waals surface area contributed by atoms with Gasteiger partial charge in [0.2, 0.25) is 0 Å². The van der Waals surface area contributed by atoms with Crippen molar-refractivity contribution >= 4 is 0 Å². The van der Waals surface area contributed by atoms with Crippen molar-refractivity contribution in [3.8, 4) is 0 Å². The average molecular weight is 247 g/mol. The van der Waals surface area contributed by atoms with Crippen molar-refractivity contribution in [3.05, 3.63) is 35.9 Å². The van der Waals surface area contributed by atoms with Crippen LogP contribution in [0.1, 0.15) is 58.4 Å². The number of nitrogens with one attached hydrogen (secondary N) is 1. The van der Waals surface area contributed by atoms with Gasteiger partial charge in [0.1, 0.15) is 0 Å². The molecule has 102 valence electrons. The summed E-state index contributed by atoms with van der Waals surface area (Å²) in [5, 5.41) is 3.64. The van der Waals surface area contributed by atoms with E-state index in [0.29, 0.717) is 5.41 Å². The number of rotatable bonds is 9. The molecule has 1 aromatic carbocycles. The first kappa shape index (κ1) is 15.2. The molecule has 0 amide bonds. The largest absolute Gasteiger partial charge is 0.316 e. The maximum atomic E-state index is 3.64. The molecular formula is C17H29N. The summed E-state index contributed by atoms with van der Waals surface area (Å²) in [7, 11) is 0. The van der Waals surface area contributed by atoms with E-state index in [9.17, 15) is 0 Å². The van der Waals surface area contributed by atoms with Gasteiger partial charge in [-0.3, -0.25) is 0 Å². The van der Waals surface area contributed by atoms with Gasteiger partial charge in [-0.05, 0) is 31.4 Å². The zero-order valence-corrected chi connectivity index (χ0v) is 12.3. The van der Waals surface area contributed by atoms with Crippen LogP contribution in [0.5, 0.6) is 0 Å². The Hall–Kier alpha value is -0.820. The first-order chi connectivity index (χ1) is 8.79. The second-order valence-electron chi connectivity index (χ2n) is 5.32. The predicted octanol–water partition coefficient (Wildman–Crippen LogP) is 4.52. The molecule has 1 N–H and O–H groups in total. The van der Waals surface area contributed by atoms with E-state index in [1.165, 1.54) is 37.7 Å². The van der Waals surface area contributed by atoms with Gasteiger partial charge in [0.25, 0.3) is 0 Å². The Labute approximate surface area is 113 Å². The van der Waals surface area contributed by atoms with Gasteiger partial charge in [0.05, 0.1) is 0 Å². The molecule has 0 radical (unpaired) electrons. The molecule has 0 spiro atoms. The van der Waals surface area contributed by atoms with Crippen LogP contribution in [0.4, 0.5) is 0 Å². The Morgan fingerprint density at radius 3 is 2.00 bits per heavy atom. The van der Waals surface area contributed by atoms with Crippen molar-refractivity contribution in [2.24, 2.45) is 0 Å². The molecule has 0 saturated heterocycles. The summed E-state index contributed by atoms with van der Waals surface area (Å²) in [4.78, 5) is 0. The molecule has 0 atom stereocenters. The van der Waals surface area contributed by atoms with Crippen LogP contribution in [0, 0.1) is 0 Å². The quantitative estimate of drug-likeness (QED) is 0.632. The van der Waals surface area contributed by atoms with E-state index in [4.69, 9.17) is 0 Å². The topological polar surface area (TPSA) is 12.0 Å². The fourth-order valence-corrected chi connectivity index (χ4v) is 2.95. The van der Waals surface area contributed by atoms with Gasteiger partial charge in [-0.15, -0.1) is 0 Å². The molecule has 0 aliphatic heterocycles. The van der Waals surface area contributed by atoms with Crippen molar-refractivity contribution in [1.29, 1.82) is 0 Å². The molecule has 1 aromatic rings. The summed E-state index contributed by atoms with van der Waals surface area (Å²) >= 11 is 0. The second kappa shape index (κ2) is 8.31. The second-order valence-corrected chi connectivity index (χ2v) is 5.32. The third-order valence-electron chi connectivity index (χ3n) is 3.73. The highest BCUT2D eigenvalue weighted by Gasteiger charge is 2.29. The fraction of sp³-hybridized carbons (Fsp3) is 0.647. The van der Waals surface area contributed by atoms with Crippen LogP contribution in [0.25, 0.3) is 0 Å². The van der Waals surface area contributed by atoms with Crippen molar-refractivity contribution in [2.75, 3.05) is 13.1 Å². The zero-order valence-electron chi connectivity index (χ0n) is 12.3.